The fourth-order valence-corrected chi connectivity index (χ4v) is 2.18. The molecule has 0 bridgehead atoms. The fourth-order valence-electron chi connectivity index (χ4n) is 1.02. The maximum atomic E-state index is 9.38. The summed E-state index contributed by atoms with van der Waals surface area (Å²) in [5.41, 5.74) is 0. The lowest BCUT2D eigenvalue weighted by Gasteiger charge is -2.12. The molecule has 0 amide bonds. The molecule has 15 heavy (non-hydrogen) atoms. The Morgan fingerprint density at radius 1 is 1.33 bits per heavy atom. The van der Waals surface area contributed by atoms with Gasteiger partial charge in [-0.15, -0.1) is 0 Å². The lowest BCUT2D eigenvalue weighted by atomic mass is 10.3. The number of hydrogen-bond acceptors (Lipinski definition) is 3. The number of methoxy groups -OCH3 is 1. The first kappa shape index (κ1) is 13.0. The Balaban J connectivity index is 2.50. The second-order valence-electron chi connectivity index (χ2n) is 2.99. The van der Waals surface area contributed by atoms with Crippen molar-refractivity contribution in [2.24, 2.45) is 0 Å². The summed E-state index contributed by atoms with van der Waals surface area (Å²) < 4.78 is 12.0. The molecule has 3 nitrogen and oxygen atoms in total. The monoisotopic (exact) mass is 338 g/mol. The largest absolute Gasteiger partial charge is 0.490 e. The molecule has 0 fully saturated rings. The van der Waals surface area contributed by atoms with Crippen LogP contribution in [0.15, 0.2) is 27.1 Å². The van der Waals surface area contributed by atoms with Gasteiger partial charge in [0.15, 0.2) is 0 Å². The van der Waals surface area contributed by atoms with E-state index in [1.165, 1.54) is 0 Å². The van der Waals surface area contributed by atoms with Crippen LogP contribution in [0, 0.1) is 0 Å². The summed E-state index contributed by atoms with van der Waals surface area (Å²) in [7, 11) is 1.54. The second kappa shape index (κ2) is 6.48. The van der Waals surface area contributed by atoms with Gasteiger partial charge in [0.1, 0.15) is 18.5 Å². The van der Waals surface area contributed by atoms with Crippen LogP contribution in [-0.4, -0.2) is 31.5 Å². The summed E-state index contributed by atoms with van der Waals surface area (Å²) in [4.78, 5) is 0. The Morgan fingerprint density at radius 3 is 2.67 bits per heavy atom. The molecule has 0 aliphatic rings. The molecule has 0 aliphatic heterocycles. The van der Waals surface area contributed by atoms with Gasteiger partial charge in [-0.1, -0.05) is 15.9 Å². The van der Waals surface area contributed by atoms with Crippen molar-refractivity contribution in [1.29, 1.82) is 0 Å². The number of hydrogen-bond donors (Lipinski definition) is 1. The molecule has 0 saturated carbocycles. The molecule has 1 aromatic carbocycles. The van der Waals surface area contributed by atoms with Crippen LogP contribution in [0.3, 0.4) is 0 Å². The summed E-state index contributed by atoms with van der Waals surface area (Å²) in [6, 6.07) is 5.59. The first-order valence-corrected chi connectivity index (χ1v) is 5.97. The van der Waals surface area contributed by atoms with Crippen molar-refractivity contribution >= 4 is 31.9 Å². The van der Waals surface area contributed by atoms with Crippen LogP contribution < -0.4 is 4.74 Å². The number of rotatable bonds is 5. The van der Waals surface area contributed by atoms with Gasteiger partial charge >= 0.3 is 0 Å². The molecule has 1 rings (SSSR count). The molecule has 0 heterocycles. The van der Waals surface area contributed by atoms with Gasteiger partial charge in [-0.25, -0.2) is 0 Å². The first-order chi connectivity index (χ1) is 7.13. The Labute approximate surface area is 106 Å². The van der Waals surface area contributed by atoms with Crippen molar-refractivity contribution in [1.82, 2.24) is 0 Å². The van der Waals surface area contributed by atoms with Crippen LogP contribution in [0.2, 0.25) is 0 Å². The molecule has 1 N–H and O–H groups in total. The molecular weight excluding hydrogens is 328 g/mol. The zero-order chi connectivity index (χ0) is 11.3. The molecule has 0 radical (unpaired) electrons. The molecule has 0 aromatic heterocycles. The molecule has 84 valence electrons. The lowest BCUT2D eigenvalue weighted by Crippen LogP contribution is -2.22. The highest BCUT2D eigenvalue weighted by atomic mass is 79.9. The quantitative estimate of drug-likeness (QED) is 0.896. The molecular formula is C10H12Br2O3. The third-order valence-corrected chi connectivity index (χ3v) is 2.80. The van der Waals surface area contributed by atoms with E-state index >= 15 is 0 Å². The molecule has 0 spiro atoms. The molecule has 0 saturated heterocycles. The van der Waals surface area contributed by atoms with Gasteiger partial charge in [0, 0.05) is 11.6 Å². The van der Waals surface area contributed by atoms with Crippen molar-refractivity contribution in [3.8, 4) is 5.75 Å². The predicted octanol–water partition coefficient (Wildman–Crippen LogP) is 2.60. The molecule has 1 aromatic rings. The highest BCUT2D eigenvalue weighted by molar-refractivity contribution is 9.11. The number of ether oxygens (including phenoxy) is 2. The van der Waals surface area contributed by atoms with Crippen LogP contribution in [-0.2, 0) is 4.74 Å². The van der Waals surface area contributed by atoms with Gasteiger partial charge in [-0.2, -0.15) is 0 Å². The third kappa shape index (κ3) is 4.51. The average molecular weight is 340 g/mol. The number of benzene rings is 1. The predicted molar refractivity (Wildman–Crippen MR) is 65.2 cm³/mol. The van der Waals surface area contributed by atoms with Crippen LogP contribution >= 0.6 is 31.9 Å². The van der Waals surface area contributed by atoms with Crippen LogP contribution in [0.4, 0.5) is 0 Å². The van der Waals surface area contributed by atoms with E-state index in [0.717, 1.165) is 8.95 Å². The molecule has 1 atom stereocenters. The lowest BCUT2D eigenvalue weighted by molar-refractivity contribution is 0.0323. The first-order valence-electron chi connectivity index (χ1n) is 4.38. The minimum atomic E-state index is -0.606. The summed E-state index contributed by atoms with van der Waals surface area (Å²) in [5, 5.41) is 9.38. The van der Waals surface area contributed by atoms with E-state index in [-0.39, 0.29) is 13.2 Å². The SMILES string of the molecule is COC[C@@H](O)COc1ccc(Br)cc1Br. The van der Waals surface area contributed by atoms with E-state index in [0.29, 0.717) is 5.75 Å². The number of aliphatic hydroxyl groups excluding tert-OH is 1. The molecule has 0 aliphatic carbocycles. The van der Waals surface area contributed by atoms with Gasteiger partial charge in [-0.3, -0.25) is 0 Å². The minimum Gasteiger partial charge on any atom is -0.490 e. The van der Waals surface area contributed by atoms with Crippen molar-refractivity contribution in [2.75, 3.05) is 20.3 Å². The summed E-state index contributed by atoms with van der Waals surface area (Å²) >= 11 is 6.71. The van der Waals surface area contributed by atoms with E-state index in [1.807, 2.05) is 18.2 Å². The zero-order valence-electron chi connectivity index (χ0n) is 8.24. The van der Waals surface area contributed by atoms with Crippen LogP contribution in [0.5, 0.6) is 5.75 Å². The Kier molecular flexibility index (Phi) is 5.60. The van der Waals surface area contributed by atoms with Crippen molar-refractivity contribution in [2.45, 2.75) is 6.10 Å². The van der Waals surface area contributed by atoms with E-state index in [9.17, 15) is 5.11 Å². The van der Waals surface area contributed by atoms with Crippen LogP contribution in [0.25, 0.3) is 0 Å². The van der Waals surface area contributed by atoms with Crippen molar-refractivity contribution in [3.63, 3.8) is 0 Å². The third-order valence-electron chi connectivity index (χ3n) is 1.68. The van der Waals surface area contributed by atoms with Gasteiger partial charge in [0.25, 0.3) is 0 Å². The fraction of sp³-hybridized carbons (Fsp3) is 0.400. The molecule has 5 heteroatoms. The summed E-state index contributed by atoms with van der Waals surface area (Å²) in [5.74, 6) is 0.702. The zero-order valence-corrected chi connectivity index (χ0v) is 11.4. The maximum absolute atomic E-state index is 9.38. The Bertz CT molecular complexity index is 318. The smallest absolute Gasteiger partial charge is 0.133 e. The minimum absolute atomic E-state index is 0.216. The van der Waals surface area contributed by atoms with Crippen molar-refractivity contribution < 1.29 is 14.6 Å². The van der Waals surface area contributed by atoms with Gasteiger partial charge in [-0.05, 0) is 34.1 Å². The van der Waals surface area contributed by atoms with Gasteiger partial charge in [0.2, 0.25) is 0 Å². The maximum Gasteiger partial charge on any atom is 0.133 e. The van der Waals surface area contributed by atoms with E-state index in [4.69, 9.17) is 9.47 Å². The summed E-state index contributed by atoms with van der Waals surface area (Å²) in [6.07, 6.45) is -0.606. The number of aliphatic hydroxyl groups is 1. The van der Waals surface area contributed by atoms with Gasteiger partial charge in [0.05, 0.1) is 11.1 Å². The Morgan fingerprint density at radius 2 is 2.07 bits per heavy atom. The highest BCUT2D eigenvalue weighted by Crippen LogP contribution is 2.28. The van der Waals surface area contributed by atoms with Gasteiger partial charge < -0.3 is 14.6 Å². The van der Waals surface area contributed by atoms with E-state index < -0.39 is 6.10 Å². The highest BCUT2D eigenvalue weighted by Gasteiger charge is 2.06. The normalized spacial score (nSPS) is 12.5. The topological polar surface area (TPSA) is 38.7 Å². The van der Waals surface area contributed by atoms with E-state index in [2.05, 4.69) is 31.9 Å². The second-order valence-corrected chi connectivity index (χ2v) is 4.76. The van der Waals surface area contributed by atoms with Crippen LogP contribution in [0.1, 0.15) is 0 Å². The van der Waals surface area contributed by atoms with E-state index in [1.54, 1.807) is 7.11 Å². The van der Waals surface area contributed by atoms with Crippen molar-refractivity contribution in [3.05, 3.63) is 27.1 Å². The standard InChI is InChI=1S/C10H12Br2O3/c1-14-5-8(13)6-15-10-3-2-7(11)4-9(10)12/h2-4,8,13H,5-6H2,1H3/t8-/m1/s1. The Hall–Kier alpha value is -0.100. The summed E-state index contributed by atoms with van der Waals surface area (Å²) in [6.45, 7) is 0.488. The molecule has 0 unspecified atom stereocenters. The number of halogens is 2. The average Bonchev–Trinajstić information content (AvgIpc) is 2.17.